The summed E-state index contributed by atoms with van der Waals surface area (Å²) in [7, 11) is 0. The van der Waals surface area contributed by atoms with Crippen LogP contribution in [0.3, 0.4) is 0 Å². The van der Waals surface area contributed by atoms with Crippen LogP contribution in [-0.4, -0.2) is 17.5 Å². The lowest BCUT2D eigenvalue weighted by Crippen LogP contribution is -2.35. The second-order valence-electron chi connectivity index (χ2n) is 8.40. The smallest absolute Gasteiger partial charge is 0.159 e. The molecule has 1 rings (SSSR count). The zero-order valence-corrected chi connectivity index (χ0v) is 15.5. The van der Waals surface area contributed by atoms with Crippen molar-refractivity contribution in [3.63, 3.8) is 0 Å². The molecule has 1 heterocycles. The summed E-state index contributed by atoms with van der Waals surface area (Å²) in [6.45, 7) is 16.0. The van der Waals surface area contributed by atoms with Crippen molar-refractivity contribution in [3.8, 4) is 0 Å². The van der Waals surface area contributed by atoms with Crippen LogP contribution in [-0.2, 0) is 9.47 Å². The van der Waals surface area contributed by atoms with Crippen molar-refractivity contribution in [2.75, 3.05) is 0 Å². The van der Waals surface area contributed by atoms with E-state index in [1.165, 1.54) is 12.8 Å². The number of rotatable bonds is 7. The molecule has 0 bridgehead atoms. The van der Waals surface area contributed by atoms with Crippen LogP contribution in [0.2, 0.25) is 0 Å². The molecular formula is C19H38O2. The van der Waals surface area contributed by atoms with Gasteiger partial charge in [-0.15, -0.1) is 0 Å². The summed E-state index contributed by atoms with van der Waals surface area (Å²) in [6.07, 6.45) is 7.84. The Hall–Kier alpha value is -0.0800. The van der Waals surface area contributed by atoms with Crippen molar-refractivity contribution in [3.05, 3.63) is 0 Å². The first kappa shape index (κ1) is 19.0. The second kappa shape index (κ2) is 7.97. The van der Waals surface area contributed by atoms with Crippen molar-refractivity contribution in [2.24, 2.45) is 11.8 Å². The van der Waals surface area contributed by atoms with E-state index in [9.17, 15) is 0 Å². The van der Waals surface area contributed by atoms with Gasteiger partial charge in [-0.05, 0) is 64.2 Å². The van der Waals surface area contributed by atoms with Crippen LogP contribution in [0, 0.1) is 11.8 Å². The summed E-state index contributed by atoms with van der Waals surface area (Å²) in [5.41, 5.74) is -0.0529. The first-order valence-corrected chi connectivity index (χ1v) is 9.04. The first-order valence-electron chi connectivity index (χ1n) is 9.04. The Bertz CT molecular complexity index is 274. The van der Waals surface area contributed by atoms with Gasteiger partial charge in [0.15, 0.2) is 6.29 Å². The van der Waals surface area contributed by atoms with E-state index in [-0.39, 0.29) is 17.5 Å². The molecule has 126 valence electrons. The van der Waals surface area contributed by atoms with Gasteiger partial charge in [-0.3, -0.25) is 0 Å². The predicted molar refractivity (Wildman–Crippen MR) is 90.4 cm³/mol. The minimum absolute atomic E-state index is 0.0265. The van der Waals surface area contributed by atoms with Crippen molar-refractivity contribution >= 4 is 0 Å². The number of ether oxygens (including phenoxy) is 2. The van der Waals surface area contributed by atoms with E-state index in [0.717, 1.165) is 32.1 Å². The molecule has 0 spiro atoms. The van der Waals surface area contributed by atoms with Gasteiger partial charge in [0.2, 0.25) is 0 Å². The molecule has 1 saturated heterocycles. The SMILES string of the molecule is CCCCC1OC(C)(CC(C)C)CCC(C)(CC(C)C)O1. The van der Waals surface area contributed by atoms with E-state index in [0.29, 0.717) is 11.8 Å². The maximum Gasteiger partial charge on any atom is 0.159 e. The maximum atomic E-state index is 6.47. The van der Waals surface area contributed by atoms with Gasteiger partial charge in [0, 0.05) is 0 Å². The second-order valence-corrected chi connectivity index (χ2v) is 8.40. The summed E-state index contributed by atoms with van der Waals surface area (Å²) >= 11 is 0. The average Bonchev–Trinajstić information content (AvgIpc) is 2.42. The Morgan fingerprint density at radius 2 is 1.33 bits per heavy atom. The molecule has 0 amide bonds. The first-order chi connectivity index (χ1) is 9.68. The van der Waals surface area contributed by atoms with Crippen LogP contribution in [0.4, 0.5) is 0 Å². The molecule has 1 fully saturated rings. The van der Waals surface area contributed by atoms with Crippen LogP contribution in [0.5, 0.6) is 0 Å². The van der Waals surface area contributed by atoms with Crippen molar-refractivity contribution < 1.29 is 9.47 Å². The van der Waals surface area contributed by atoms with Gasteiger partial charge in [-0.1, -0.05) is 41.0 Å². The summed E-state index contributed by atoms with van der Waals surface area (Å²) < 4.78 is 12.9. The monoisotopic (exact) mass is 298 g/mol. The predicted octanol–water partition coefficient (Wildman–Crippen LogP) is 5.94. The highest BCUT2D eigenvalue weighted by Gasteiger charge is 2.40. The summed E-state index contributed by atoms with van der Waals surface area (Å²) in [5.74, 6) is 1.33. The van der Waals surface area contributed by atoms with Crippen LogP contribution < -0.4 is 0 Å². The fourth-order valence-corrected chi connectivity index (χ4v) is 3.82. The summed E-state index contributed by atoms with van der Waals surface area (Å²) in [4.78, 5) is 0. The third-order valence-corrected chi connectivity index (χ3v) is 4.49. The largest absolute Gasteiger partial charge is 0.346 e. The fourth-order valence-electron chi connectivity index (χ4n) is 3.82. The van der Waals surface area contributed by atoms with E-state index in [4.69, 9.17) is 9.47 Å². The van der Waals surface area contributed by atoms with Gasteiger partial charge in [0.05, 0.1) is 11.2 Å². The lowest BCUT2D eigenvalue weighted by Gasteiger charge is -2.34. The van der Waals surface area contributed by atoms with Gasteiger partial charge in [0.25, 0.3) is 0 Å². The fraction of sp³-hybridized carbons (Fsp3) is 1.00. The van der Waals surface area contributed by atoms with E-state index >= 15 is 0 Å². The molecule has 1 aliphatic heterocycles. The molecule has 2 heteroatoms. The van der Waals surface area contributed by atoms with Crippen LogP contribution in [0.25, 0.3) is 0 Å². The topological polar surface area (TPSA) is 18.5 Å². The average molecular weight is 299 g/mol. The third kappa shape index (κ3) is 6.69. The normalized spacial score (nSPS) is 34.4. The maximum absolute atomic E-state index is 6.47. The van der Waals surface area contributed by atoms with Gasteiger partial charge >= 0.3 is 0 Å². The quantitative estimate of drug-likeness (QED) is 0.579. The molecule has 1 aliphatic rings. The Morgan fingerprint density at radius 3 is 1.67 bits per heavy atom. The van der Waals surface area contributed by atoms with Crippen molar-refractivity contribution in [1.82, 2.24) is 0 Å². The van der Waals surface area contributed by atoms with Gasteiger partial charge in [0.1, 0.15) is 0 Å². The Morgan fingerprint density at radius 1 is 0.905 bits per heavy atom. The molecule has 0 aromatic carbocycles. The number of hydrogen-bond acceptors (Lipinski definition) is 2. The lowest BCUT2D eigenvalue weighted by molar-refractivity contribution is -0.234. The molecular weight excluding hydrogens is 260 g/mol. The van der Waals surface area contributed by atoms with Crippen molar-refractivity contribution in [1.29, 1.82) is 0 Å². The third-order valence-electron chi connectivity index (χ3n) is 4.49. The minimum Gasteiger partial charge on any atom is -0.346 e. The molecule has 0 aromatic heterocycles. The standard InChI is InChI=1S/C19H38O2/c1-8-9-10-17-20-18(6,13-15(2)3)11-12-19(7,21-17)14-16(4)5/h15-17H,8-14H2,1-7H3. The van der Waals surface area contributed by atoms with Gasteiger partial charge < -0.3 is 9.47 Å². The van der Waals surface area contributed by atoms with E-state index < -0.39 is 0 Å². The van der Waals surface area contributed by atoms with E-state index in [1.807, 2.05) is 0 Å². The van der Waals surface area contributed by atoms with E-state index in [1.54, 1.807) is 0 Å². The molecule has 0 radical (unpaired) electrons. The van der Waals surface area contributed by atoms with Gasteiger partial charge in [-0.25, -0.2) is 0 Å². The van der Waals surface area contributed by atoms with Crippen LogP contribution in [0.1, 0.15) is 93.4 Å². The van der Waals surface area contributed by atoms with Gasteiger partial charge in [-0.2, -0.15) is 0 Å². The van der Waals surface area contributed by atoms with Crippen molar-refractivity contribution in [2.45, 2.75) is 111 Å². The molecule has 0 aromatic rings. The molecule has 2 nitrogen and oxygen atoms in total. The lowest BCUT2D eigenvalue weighted by atomic mass is 9.83. The molecule has 0 N–H and O–H groups in total. The van der Waals surface area contributed by atoms with Crippen LogP contribution in [0.15, 0.2) is 0 Å². The summed E-state index contributed by atoms with van der Waals surface area (Å²) in [5, 5.41) is 0. The molecule has 2 unspecified atom stereocenters. The molecule has 0 aliphatic carbocycles. The Balaban J connectivity index is 2.83. The molecule has 2 atom stereocenters. The highest BCUT2D eigenvalue weighted by atomic mass is 16.7. The van der Waals surface area contributed by atoms with Crippen LogP contribution >= 0.6 is 0 Å². The number of unbranched alkanes of at least 4 members (excludes halogenated alkanes) is 1. The highest BCUT2D eigenvalue weighted by Crippen LogP contribution is 2.39. The molecule has 21 heavy (non-hydrogen) atoms. The summed E-state index contributed by atoms with van der Waals surface area (Å²) in [6, 6.07) is 0. The highest BCUT2D eigenvalue weighted by molar-refractivity contribution is 4.88. The Labute approximate surface area is 133 Å². The number of hydrogen-bond donors (Lipinski definition) is 0. The molecule has 0 saturated carbocycles. The minimum atomic E-state index is -0.0278. The Kier molecular flexibility index (Phi) is 7.19. The zero-order chi connectivity index (χ0) is 16.1. The zero-order valence-electron chi connectivity index (χ0n) is 15.5. The van der Waals surface area contributed by atoms with E-state index in [2.05, 4.69) is 48.5 Å².